The third kappa shape index (κ3) is 2.94. The van der Waals surface area contributed by atoms with Crippen LogP contribution in [0.2, 0.25) is 0 Å². The van der Waals surface area contributed by atoms with Gasteiger partial charge in [0.15, 0.2) is 0 Å². The number of carbonyl (C=O) groups is 1. The normalized spacial score (nSPS) is 10.3. The highest BCUT2D eigenvalue weighted by atomic mass is 32.1. The van der Waals surface area contributed by atoms with Crippen LogP contribution in [0.1, 0.15) is 26.5 Å². The fourth-order valence-corrected chi connectivity index (χ4v) is 2.29. The van der Waals surface area contributed by atoms with Gasteiger partial charge >= 0.3 is 0 Å². The molecule has 0 bridgehead atoms. The summed E-state index contributed by atoms with van der Waals surface area (Å²) in [6.07, 6.45) is 0. The van der Waals surface area contributed by atoms with E-state index in [1.807, 2.05) is 31.2 Å². The van der Waals surface area contributed by atoms with Crippen molar-refractivity contribution in [3.8, 4) is 0 Å². The Morgan fingerprint density at radius 1 is 1.33 bits per heavy atom. The number of nitrogens with two attached hydrogens (primary N) is 1. The molecule has 0 unspecified atom stereocenters. The zero-order valence-electron chi connectivity index (χ0n) is 10.1. The van der Waals surface area contributed by atoms with E-state index in [1.165, 1.54) is 11.3 Å². The first kappa shape index (κ1) is 12.7. The number of hydrogen-bond donors (Lipinski definition) is 2. The minimum absolute atomic E-state index is 0.0714. The van der Waals surface area contributed by atoms with Crippen molar-refractivity contribution in [3.63, 3.8) is 0 Å². The molecule has 0 radical (unpaired) electrons. The first-order valence-electron chi connectivity index (χ1n) is 5.67. The van der Waals surface area contributed by atoms with E-state index in [9.17, 15) is 4.79 Å². The number of rotatable bonds is 4. The second-order valence-electron chi connectivity index (χ2n) is 3.97. The Morgan fingerprint density at radius 3 is 2.56 bits per heavy atom. The molecule has 4 nitrogen and oxygen atoms in total. The summed E-state index contributed by atoms with van der Waals surface area (Å²) in [7, 11) is 0. The average Bonchev–Trinajstić information content (AvgIpc) is 2.83. The van der Waals surface area contributed by atoms with Crippen molar-refractivity contribution in [3.05, 3.63) is 51.5 Å². The molecule has 94 valence electrons. The molecule has 2 aromatic rings. The summed E-state index contributed by atoms with van der Waals surface area (Å²) in [5.41, 5.74) is 10.1. The van der Waals surface area contributed by atoms with Crippen molar-refractivity contribution in [2.24, 2.45) is 5.73 Å². The Labute approximate surface area is 110 Å². The van der Waals surface area contributed by atoms with Gasteiger partial charge in [-0.1, -0.05) is 24.3 Å². The van der Waals surface area contributed by atoms with Crippen LogP contribution in [0, 0.1) is 6.92 Å². The minimum Gasteiger partial charge on any atom is -0.347 e. The number of nitrogens with one attached hydrogen (secondary N) is 1. The van der Waals surface area contributed by atoms with Gasteiger partial charge in [0.1, 0.15) is 4.88 Å². The number of aromatic nitrogens is 1. The molecule has 2 rings (SSSR count). The van der Waals surface area contributed by atoms with Gasteiger partial charge < -0.3 is 11.1 Å². The van der Waals surface area contributed by atoms with E-state index in [4.69, 9.17) is 5.73 Å². The van der Waals surface area contributed by atoms with Gasteiger partial charge in [-0.2, -0.15) is 0 Å². The Morgan fingerprint density at radius 2 is 2.00 bits per heavy atom. The summed E-state index contributed by atoms with van der Waals surface area (Å²) in [5.74, 6) is -0.0714. The van der Waals surface area contributed by atoms with Crippen LogP contribution in [-0.2, 0) is 13.1 Å². The second-order valence-corrected chi connectivity index (χ2v) is 4.82. The Kier molecular flexibility index (Phi) is 4.07. The lowest BCUT2D eigenvalue weighted by atomic mass is 10.1. The predicted octanol–water partition coefficient (Wildman–Crippen LogP) is 1.84. The van der Waals surface area contributed by atoms with Gasteiger partial charge in [-0.3, -0.25) is 4.79 Å². The Hall–Kier alpha value is -1.72. The standard InChI is InChI=1S/C13H15N3OS/c1-9-12(18-8-16-9)13(17)15-7-11-4-2-10(6-14)3-5-11/h2-5,8H,6-7,14H2,1H3,(H,15,17). The van der Waals surface area contributed by atoms with Crippen molar-refractivity contribution < 1.29 is 4.79 Å². The summed E-state index contributed by atoms with van der Waals surface area (Å²) in [6.45, 7) is 2.88. The molecule has 3 N–H and O–H groups in total. The van der Waals surface area contributed by atoms with Crippen molar-refractivity contribution in [2.45, 2.75) is 20.0 Å². The molecule has 5 heteroatoms. The van der Waals surface area contributed by atoms with Gasteiger partial charge in [0.25, 0.3) is 5.91 Å². The highest BCUT2D eigenvalue weighted by Crippen LogP contribution is 2.12. The highest BCUT2D eigenvalue weighted by Gasteiger charge is 2.10. The largest absolute Gasteiger partial charge is 0.347 e. The first-order chi connectivity index (χ1) is 8.70. The molecule has 0 atom stereocenters. The topological polar surface area (TPSA) is 68.0 Å². The molecule has 1 amide bonds. The SMILES string of the molecule is Cc1ncsc1C(=O)NCc1ccc(CN)cc1. The van der Waals surface area contributed by atoms with E-state index in [0.29, 0.717) is 18.0 Å². The highest BCUT2D eigenvalue weighted by molar-refractivity contribution is 7.11. The molecule has 1 aromatic heterocycles. The molecular weight excluding hydrogens is 246 g/mol. The van der Waals surface area contributed by atoms with Crippen LogP contribution in [0.5, 0.6) is 0 Å². The minimum atomic E-state index is -0.0714. The number of thiazole rings is 1. The van der Waals surface area contributed by atoms with E-state index in [0.717, 1.165) is 16.8 Å². The third-order valence-corrected chi connectivity index (χ3v) is 3.59. The maximum Gasteiger partial charge on any atom is 0.263 e. The van der Waals surface area contributed by atoms with Crippen molar-refractivity contribution in [2.75, 3.05) is 0 Å². The lowest BCUT2D eigenvalue weighted by molar-refractivity contribution is 0.0954. The molecular formula is C13H15N3OS. The lowest BCUT2D eigenvalue weighted by Crippen LogP contribution is -2.22. The fraction of sp³-hybridized carbons (Fsp3) is 0.231. The summed E-state index contributed by atoms with van der Waals surface area (Å²) >= 11 is 1.36. The molecule has 0 saturated heterocycles. The molecule has 0 aliphatic heterocycles. The fourth-order valence-electron chi connectivity index (χ4n) is 1.58. The summed E-state index contributed by atoms with van der Waals surface area (Å²) in [5, 5.41) is 2.88. The molecule has 1 heterocycles. The molecule has 18 heavy (non-hydrogen) atoms. The van der Waals surface area contributed by atoms with E-state index in [2.05, 4.69) is 10.3 Å². The number of hydrogen-bond acceptors (Lipinski definition) is 4. The number of nitrogens with zero attached hydrogens (tertiary/aromatic N) is 1. The summed E-state index contributed by atoms with van der Waals surface area (Å²) in [6, 6.07) is 7.89. The quantitative estimate of drug-likeness (QED) is 0.882. The monoisotopic (exact) mass is 261 g/mol. The number of benzene rings is 1. The number of amides is 1. The van der Waals surface area contributed by atoms with E-state index in [1.54, 1.807) is 5.51 Å². The zero-order chi connectivity index (χ0) is 13.0. The molecule has 0 spiro atoms. The van der Waals surface area contributed by atoms with Crippen LogP contribution >= 0.6 is 11.3 Å². The molecule has 1 aromatic carbocycles. The van der Waals surface area contributed by atoms with Crippen molar-refractivity contribution in [1.29, 1.82) is 0 Å². The lowest BCUT2D eigenvalue weighted by Gasteiger charge is -2.05. The van der Waals surface area contributed by atoms with Crippen LogP contribution < -0.4 is 11.1 Å². The van der Waals surface area contributed by atoms with Crippen LogP contribution in [0.4, 0.5) is 0 Å². The number of aryl methyl sites for hydroxylation is 1. The Balaban J connectivity index is 1.95. The smallest absolute Gasteiger partial charge is 0.263 e. The first-order valence-corrected chi connectivity index (χ1v) is 6.55. The van der Waals surface area contributed by atoms with Gasteiger partial charge in [-0.25, -0.2) is 4.98 Å². The van der Waals surface area contributed by atoms with Crippen LogP contribution in [0.3, 0.4) is 0 Å². The van der Waals surface area contributed by atoms with Gasteiger partial charge in [0, 0.05) is 13.1 Å². The maximum atomic E-state index is 11.9. The summed E-state index contributed by atoms with van der Waals surface area (Å²) in [4.78, 5) is 16.6. The van der Waals surface area contributed by atoms with E-state index in [-0.39, 0.29) is 5.91 Å². The third-order valence-electron chi connectivity index (χ3n) is 2.66. The van der Waals surface area contributed by atoms with Gasteiger partial charge in [-0.05, 0) is 18.1 Å². The van der Waals surface area contributed by atoms with Gasteiger partial charge in [-0.15, -0.1) is 11.3 Å². The van der Waals surface area contributed by atoms with Crippen molar-refractivity contribution >= 4 is 17.2 Å². The van der Waals surface area contributed by atoms with E-state index < -0.39 is 0 Å². The van der Waals surface area contributed by atoms with Gasteiger partial charge in [0.05, 0.1) is 11.2 Å². The maximum absolute atomic E-state index is 11.9. The summed E-state index contributed by atoms with van der Waals surface area (Å²) < 4.78 is 0. The van der Waals surface area contributed by atoms with Gasteiger partial charge in [0.2, 0.25) is 0 Å². The average molecular weight is 261 g/mol. The molecule has 0 fully saturated rings. The van der Waals surface area contributed by atoms with E-state index >= 15 is 0 Å². The van der Waals surface area contributed by atoms with Crippen LogP contribution in [0.25, 0.3) is 0 Å². The van der Waals surface area contributed by atoms with Crippen LogP contribution in [0.15, 0.2) is 29.8 Å². The zero-order valence-corrected chi connectivity index (χ0v) is 11.0. The second kappa shape index (κ2) is 5.75. The number of carbonyl (C=O) groups excluding carboxylic acids is 1. The Bertz CT molecular complexity index is 533. The van der Waals surface area contributed by atoms with Crippen molar-refractivity contribution in [1.82, 2.24) is 10.3 Å². The molecule has 0 saturated carbocycles. The van der Waals surface area contributed by atoms with Crippen LogP contribution in [-0.4, -0.2) is 10.9 Å². The molecule has 0 aliphatic rings. The predicted molar refractivity (Wildman–Crippen MR) is 72.4 cm³/mol. The molecule has 0 aliphatic carbocycles.